The third kappa shape index (κ3) is 7.87. The number of sulfonamides is 1. The summed E-state index contributed by atoms with van der Waals surface area (Å²) in [6.07, 6.45) is 3.34. The molecule has 1 fully saturated rings. The van der Waals surface area contributed by atoms with Gasteiger partial charge in [0.2, 0.25) is 15.9 Å². The molecule has 2 heterocycles. The summed E-state index contributed by atoms with van der Waals surface area (Å²) in [5.74, 6) is -0.428. The molecule has 44 heavy (non-hydrogen) atoms. The van der Waals surface area contributed by atoms with Gasteiger partial charge in [-0.25, -0.2) is 8.42 Å². The summed E-state index contributed by atoms with van der Waals surface area (Å²) in [6, 6.07) is 27.2. The number of benzene rings is 3. The second-order valence-electron chi connectivity index (χ2n) is 10.2. The van der Waals surface area contributed by atoms with Crippen LogP contribution in [0.1, 0.15) is 22.7 Å². The van der Waals surface area contributed by atoms with Crippen molar-refractivity contribution >= 4 is 21.8 Å². The Morgan fingerprint density at radius 2 is 1.55 bits per heavy atom. The number of ether oxygens (including phenoxy) is 2. The van der Waals surface area contributed by atoms with Crippen molar-refractivity contribution in [2.45, 2.75) is 24.0 Å². The van der Waals surface area contributed by atoms with Gasteiger partial charge in [0.05, 0.1) is 18.1 Å². The number of carbonyl (C=O) groups is 2. The van der Waals surface area contributed by atoms with E-state index in [1.807, 2.05) is 66.7 Å². The van der Waals surface area contributed by atoms with Crippen molar-refractivity contribution in [3.05, 3.63) is 126 Å². The molecule has 0 aliphatic carbocycles. The number of nitrogens with one attached hydrogen (secondary N) is 1. The Labute approximate surface area is 257 Å². The first-order valence-corrected chi connectivity index (χ1v) is 15.7. The Morgan fingerprint density at radius 1 is 0.886 bits per heavy atom. The van der Waals surface area contributed by atoms with Crippen LogP contribution in [0.5, 0.6) is 5.75 Å². The summed E-state index contributed by atoms with van der Waals surface area (Å²) in [6.45, 7) is 1.36. The molecule has 3 aromatic carbocycles. The third-order valence-electron chi connectivity index (χ3n) is 7.17. The van der Waals surface area contributed by atoms with Gasteiger partial charge in [-0.15, -0.1) is 0 Å². The minimum Gasteiger partial charge on any atom is -0.484 e. The summed E-state index contributed by atoms with van der Waals surface area (Å²) in [4.78, 5) is 33.3. The molecule has 10 nitrogen and oxygen atoms in total. The van der Waals surface area contributed by atoms with Crippen LogP contribution >= 0.6 is 0 Å². The molecule has 1 saturated heterocycles. The van der Waals surface area contributed by atoms with Gasteiger partial charge >= 0.3 is 0 Å². The second-order valence-corrected chi connectivity index (χ2v) is 12.1. The quantitative estimate of drug-likeness (QED) is 0.259. The number of amides is 2. The van der Waals surface area contributed by atoms with Gasteiger partial charge in [-0.3, -0.25) is 14.6 Å². The van der Waals surface area contributed by atoms with Crippen molar-refractivity contribution in [3.63, 3.8) is 0 Å². The minimum absolute atomic E-state index is 0.137. The molecule has 0 spiro atoms. The molecule has 1 aliphatic heterocycles. The van der Waals surface area contributed by atoms with Gasteiger partial charge in [-0.1, -0.05) is 66.7 Å². The summed E-state index contributed by atoms with van der Waals surface area (Å²) in [5, 5.41) is 2.96. The van der Waals surface area contributed by atoms with Crippen LogP contribution in [-0.4, -0.2) is 67.3 Å². The van der Waals surface area contributed by atoms with Crippen molar-refractivity contribution < 1.29 is 27.5 Å². The Bertz CT molecular complexity index is 1620. The highest BCUT2D eigenvalue weighted by Gasteiger charge is 2.32. The van der Waals surface area contributed by atoms with Crippen molar-refractivity contribution in [2.24, 2.45) is 0 Å². The smallest absolute Gasteiger partial charge is 0.261 e. The lowest BCUT2D eigenvalue weighted by Gasteiger charge is -2.31. The van der Waals surface area contributed by atoms with Crippen LogP contribution in [0.3, 0.4) is 0 Å². The zero-order valence-electron chi connectivity index (χ0n) is 24.1. The summed E-state index contributed by atoms with van der Waals surface area (Å²) in [5.41, 5.74) is 2.33. The lowest BCUT2D eigenvalue weighted by molar-refractivity contribution is -0.143. The Balaban J connectivity index is 1.35. The van der Waals surface area contributed by atoms with E-state index in [0.717, 1.165) is 11.1 Å². The summed E-state index contributed by atoms with van der Waals surface area (Å²) >= 11 is 0. The van der Waals surface area contributed by atoms with Gasteiger partial charge in [0.25, 0.3) is 5.91 Å². The molecule has 4 aromatic rings. The average Bonchev–Trinajstić information content (AvgIpc) is 3.08. The van der Waals surface area contributed by atoms with Crippen LogP contribution in [-0.2, 0) is 37.4 Å². The molecule has 5 rings (SSSR count). The van der Waals surface area contributed by atoms with E-state index in [4.69, 9.17) is 9.47 Å². The molecule has 1 aromatic heterocycles. The molecular formula is C33H34N4O6S. The van der Waals surface area contributed by atoms with Gasteiger partial charge in [-0.2, -0.15) is 4.31 Å². The topological polar surface area (TPSA) is 118 Å². The van der Waals surface area contributed by atoms with E-state index in [0.29, 0.717) is 37.6 Å². The summed E-state index contributed by atoms with van der Waals surface area (Å²) in [7, 11) is -3.66. The maximum absolute atomic E-state index is 13.8. The molecule has 228 valence electrons. The van der Waals surface area contributed by atoms with Crippen LogP contribution in [0, 0.1) is 0 Å². The monoisotopic (exact) mass is 614 g/mol. The molecule has 1 atom stereocenters. The van der Waals surface area contributed by atoms with Gasteiger partial charge in [0, 0.05) is 38.6 Å². The van der Waals surface area contributed by atoms with E-state index >= 15 is 0 Å². The fraction of sp³-hybridized carbons (Fsp3) is 0.242. The van der Waals surface area contributed by atoms with E-state index < -0.39 is 22.0 Å². The zero-order valence-corrected chi connectivity index (χ0v) is 24.9. The largest absolute Gasteiger partial charge is 0.484 e. The molecule has 1 unspecified atom stereocenters. The normalized spacial score (nSPS) is 14.4. The fourth-order valence-corrected chi connectivity index (χ4v) is 6.28. The fourth-order valence-electron chi connectivity index (χ4n) is 4.87. The van der Waals surface area contributed by atoms with Gasteiger partial charge < -0.3 is 19.7 Å². The summed E-state index contributed by atoms with van der Waals surface area (Å²) < 4.78 is 38.4. The highest BCUT2D eigenvalue weighted by Crippen LogP contribution is 2.25. The lowest BCUT2D eigenvalue weighted by atomic mass is 10.0. The molecule has 1 aliphatic rings. The maximum atomic E-state index is 13.8. The average molecular weight is 615 g/mol. The molecule has 11 heteroatoms. The Morgan fingerprint density at radius 3 is 2.20 bits per heavy atom. The number of aromatic nitrogens is 1. The van der Waals surface area contributed by atoms with E-state index in [2.05, 4.69) is 10.3 Å². The number of carbonyl (C=O) groups excluding carboxylic acids is 2. The molecular weight excluding hydrogens is 580 g/mol. The van der Waals surface area contributed by atoms with Crippen LogP contribution in [0.15, 0.2) is 114 Å². The minimum atomic E-state index is -3.66. The second kappa shape index (κ2) is 14.7. The Kier molecular flexibility index (Phi) is 10.3. The third-order valence-corrected chi connectivity index (χ3v) is 9.09. The van der Waals surface area contributed by atoms with E-state index in [1.165, 1.54) is 33.5 Å². The maximum Gasteiger partial charge on any atom is 0.261 e. The SMILES string of the molecule is O=C(NCc1cccnc1)C(c1ccccc1)N(Cc1ccccc1)C(=O)COc1ccc(S(=O)(=O)N2CCOCC2)cc1. The highest BCUT2D eigenvalue weighted by atomic mass is 32.2. The van der Waals surface area contributed by atoms with E-state index in [1.54, 1.807) is 18.5 Å². The lowest BCUT2D eigenvalue weighted by Crippen LogP contribution is -2.45. The van der Waals surface area contributed by atoms with Gasteiger partial charge in [-0.05, 0) is 47.0 Å². The van der Waals surface area contributed by atoms with Crippen LogP contribution in [0.25, 0.3) is 0 Å². The van der Waals surface area contributed by atoms with Crippen molar-refractivity contribution in [2.75, 3.05) is 32.9 Å². The zero-order chi connectivity index (χ0) is 30.8. The first-order chi connectivity index (χ1) is 21.4. The predicted octanol–water partition coefficient (Wildman–Crippen LogP) is 3.57. The van der Waals surface area contributed by atoms with Crippen LogP contribution in [0.2, 0.25) is 0 Å². The number of hydrogen-bond donors (Lipinski definition) is 1. The van der Waals surface area contributed by atoms with Gasteiger partial charge in [0.1, 0.15) is 11.8 Å². The number of hydrogen-bond acceptors (Lipinski definition) is 7. The first-order valence-electron chi connectivity index (χ1n) is 14.3. The van der Waals surface area contributed by atoms with Crippen molar-refractivity contribution in [1.82, 2.24) is 19.5 Å². The highest BCUT2D eigenvalue weighted by molar-refractivity contribution is 7.89. The molecule has 0 bridgehead atoms. The predicted molar refractivity (Wildman–Crippen MR) is 164 cm³/mol. The van der Waals surface area contributed by atoms with Crippen molar-refractivity contribution in [1.29, 1.82) is 0 Å². The number of pyridine rings is 1. The van der Waals surface area contributed by atoms with Crippen molar-refractivity contribution in [3.8, 4) is 5.75 Å². The standard InChI is InChI=1S/C33H34N4O6S/c38-31(25-43-29-13-15-30(16-14-29)44(40,41)36-18-20-42-21-19-36)37(24-26-8-3-1-4-9-26)32(28-11-5-2-6-12-28)33(39)35-23-27-10-7-17-34-22-27/h1-17,22,32H,18-21,23-25H2,(H,35,39). The first kappa shape index (κ1) is 30.9. The Hall–Kier alpha value is -4.58. The number of rotatable bonds is 12. The van der Waals surface area contributed by atoms with E-state index in [-0.39, 0.29) is 30.5 Å². The molecule has 0 radical (unpaired) electrons. The number of nitrogens with zero attached hydrogens (tertiary/aromatic N) is 3. The molecule has 2 amide bonds. The van der Waals surface area contributed by atoms with E-state index in [9.17, 15) is 18.0 Å². The van der Waals surface area contributed by atoms with Gasteiger partial charge in [0.15, 0.2) is 6.61 Å². The van der Waals surface area contributed by atoms with Crippen LogP contribution < -0.4 is 10.1 Å². The van der Waals surface area contributed by atoms with Crippen LogP contribution in [0.4, 0.5) is 0 Å². The molecule has 0 saturated carbocycles. The number of morpholine rings is 1. The molecule has 1 N–H and O–H groups in total.